The first-order valence-corrected chi connectivity index (χ1v) is 11.2. The van der Waals surface area contributed by atoms with Gasteiger partial charge >= 0.3 is 0 Å². The van der Waals surface area contributed by atoms with Crippen LogP contribution in [-0.4, -0.2) is 58.6 Å². The van der Waals surface area contributed by atoms with E-state index in [0.29, 0.717) is 17.9 Å². The first-order chi connectivity index (χ1) is 14.2. The zero-order chi connectivity index (χ0) is 20.2. The third-order valence-corrected chi connectivity index (χ3v) is 6.73. The highest BCUT2D eigenvalue weighted by molar-refractivity contribution is 5.56. The number of aryl methyl sites for hydroxylation is 1. The van der Waals surface area contributed by atoms with Crippen LogP contribution in [0.3, 0.4) is 0 Å². The van der Waals surface area contributed by atoms with Crippen molar-refractivity contribution in [3.63, 3.8) is 0 Å². The second kappa shape index (κ2) is 9.26. The first-order valence-electron chi connectivity index (χ1n) is 11.2. The standard InChI is InChI=1S/C23H35N5O/c1-4-28(10-11-29-5-2)20-8-6-17(7-9-20)18-12-21-22(15-25-23(21)24-13-18)19-14-26-27(3)16-19/h12-14,16-17,20,22H,4-11,15H2,1-3H3,(H,24,25)/t17-,20+,22?. The highest BCUT2D eigenvalue weighted by atomic mass is 16.5. The largest absolute Gasteiger partial charge is 0.380 e. The summed E-state index contributed by atoms with van der Waals surface area (Å²) in [5.41, 5.74) is 4.02. The summed E-state index contributed by atoms with van der Waals surface area (Å²) >= 11 is 0. The van der Waals surface area contributed by atoms with Crippen molar-refractivity contribution >= 4 is 5.82 Å². The molecule has 2 aliphatic rings. The second-order valence-electron chi connectivity index (χ2n) is 8.42. The molecule has 1 saturated carbocycles. The number of fused-ring (bicyclic) bond motifs is 1. The third-order valence-electron chi connectivity index (χ3n) is 6.73. The van der Waals surface area contributed by atoms with Gasteiger partial charge in [-0.25, -0.2) is 4.98 Å². The van der Waals surface area contributed by atoms with E-state index >= 15 is 0 Å². The molecule has 0 aromatic carbocycles. The SMILES string of the molecule is CCOCCN(CC)[C@H]1CC[C@@H](c2cnc3c(c2)C(c2cnn(C)c2)CN3)CC1. The Morgan fingerprint density at radius 3 is 2.69 bits per heavy atom. The quantitative estimate of drug-likeness (QED) is 0.688. The maximum Gasteiger partial charge on any atom is 0.129 e. The van der Waals surface area contributed by atoms with Gasteiger partial charge in [-0.1, -0.05) is 6.92 Å². The molecular formula is C23H35N5O. The van der Waals surface area contributed by atoms with Crippen molar-refractivity contribution in [2.75, 3.05) is 38.2 Å². The fourth-order valence-corrected chi connectivity index (χ4v) is 5.06. The summed E-state index contributed by atoms with van der Waals surface area (Å²) in [5, 5.41) is 7.84. The number of nitrogens with one attached hydrogen (secondary N) is 1. The lowest BCUT2D eigenvalue weighted by Gasteiger charge is -2.36. The highest BCUT2D eigenvalue weighted by Gasteiger charge is 2.30. The van der Waals surface area contributed by atoms with E-state index < -0.39 is 0 Å². The Morgan fingerprint density at radius 1 is 1.17 bits per heavy atom. The molecule has 1 unspecified atom stereocenters. The summed E-state index contributed by atoms with van der Waals surface area (Å²) in [7, 11) is 1.98. The Hall–Kier alpha value is -1.92. The van der Waals surface area contributed by atoms with Gasteiger partial charge in [0.2, 0.25) is 0 Å². The van der Waals surface area contributed by atoms with Crippen LogP contribution in [0.25, 0.3) is 0 Å². The molecule has 1 aliphatic heterocycles. The molecule has 1 fully saturated rings. The number of anilines is 1. The first kappa shape index (κ1) is 20.4. The minimum absolute atomic E-state index is 0.358. The Kier molecular flexibility index (Phi) is 6.50. The van der Waals surface area contributed by atoms with Gasteiger partial charge in [0.25, 0.3) is 0 Å². The van der Waals surface area contributed by atoms with Crippen LogP contribution in [0.2, 0.25) is 0 Å². The average molecular weight is 398 g/mol. The molecule has 0 radical (unpaired) electrons. The zero-order valence-corrected chi connectivity index (χ0v) is 18.1. The lowest BCUT2D eigenvalue weighted by atomic mass is 9.81. The van der Waals surface area contributed by atoms with Gasteiger partial charge < -0.3 is 10.1 Å². The van der Waals surface area contributed by atoms with Gasteiger partial charge in [0, 0.05) is 56.7 Å². The molecule has 6 nitrogen and oxygen atoms in total. The molecule has 2 aromatic rings. The fourth-order valence-electron chi connectivity index (χ4n) is 5.06. The maximum absolute atomic E-state index is 5.58. The Labute approximate surface area is 174 Å². The van der Waals surface area contributed by atoms with Gasteiger partial charge in [-0.15, -0.1) is 0 Å². The third kappa shape index (κ3) is 4.48. The molecule has 3 heterocycles. The fraction of sp³-hybridized carbons (Fsp3) is 0.652. The van der Waals surface area contributed by atoms with Gasteiger partial charge in [-0.2, -0.15) is 5.10 Å². The molecule has 1 atom stereocenters. The second-order valence-corrected chi connectivity index (χ2v) is 8.42. The van der Waals surface area contributed by atoms with E-state index in [-0.39, 0.29) is 0 Å². The average Bonchev–Trinajstić information content (AvgIpc) is 3.37. The van der Waals surface area contributed by atoms with Crippen molar-refractivity contribution in [1.29, 1.82) is 0 Å². The molecular weight excluding hydrogens is 362 g/mol. The predicted octanol–water partition coefficient (Wildman–Crippen LogP) is 3.76. The van der Waals surface area contributed by atoms with E-state index in [1.807, 2.05) is 17.9 Å². The van der Waals surface area contributed by atoms with Crippen molar-refractivity contribution < 1.29 is 4.74 Å². The van der Waals surface area contributed by atoms with Gasteiger partial charge in [0.15, 0.2) is 0 Å². The monoisotopic (exact) mass is 397 g/mol. The minimum Gasteiger partial charge on any atom is -0.380 e. The number of ether oxygens (including phenoxy) is 1. The number of rotatable bonds is 8. The van der Waals surface area contributed by atoms with Gasteiger partial charge in [-0.05, 0) is 62.3 Å². The lowest BCUT2D eigenvalue weighted by Crippen LogP contribution is -2.39. The predicted molar refractivity (Wildman–Crippen MR) is 117 cm³/mol. The van der Waals surface area contributed by atoms with E-state index in [1.54, 1.807) is 0 Å². The van der Waals surface area contributed by atoms with E-state index in [9.17, 15) is 0 Å². The van der Waals surface area contributed by atoms with Crippen molar-refractivity contribution in [3.05, 3.63) is 41.3 Å². The molecule has 0 spiro atoms. The van der Waals surface area contributed by atoms with E-state index in [0.717, 1.165) is 38.7 Å². The summed E-state index contributed by atoms with van der Waals surface area (Å²) in [4.78, 5) is 7.38. The van der Waals surface area contributed by atoms with Crippen LogP contribution in [-0.2, 0) is 11.8 Å². The van der Waals surface area contributed by atoms with Crippen molar-refractivity contribution in [1.82, 2.24) is 19.7 Å². The van der Waals surface area contributed by atoms with Crippen LogP contribution >= 0.6 is 0 Å². The van der Waals surface area contributed by atoms with Crippen LogP contribution < -0.4 is 5.32 Å². The Bertz CT molecular complexity index is 796. The molecule has 2 aromatic heterocycles. The van der Waals surface area contributed by atoms with Gasteiger partial charge in [-0.3, -0.25) is 9.58 Å². The summed E-state index contributed by atoms with van der Waals surface area (Å²) in [5.74, 6) is 2.03. The van der Waals surface area contributed by atoms with Crippen LogP contribution in [0.1, 0.15) is 68.1 Å². The van der Waals surface area contributed by atoms with Crippen LogP contribution in [0.15, 0.2) is 24.7 Å². The molecule has 0 amide bonds. The summed E-state index contributed by atoms with van der Waals surface area (Å²) < 4.78 is 7.46. The topological polar surface area (TPSA) is 55.2 Å². The maximum atomic E-state index is 5.58. The molecule has 1 aliphatic carbocycles. The van der Waals surface area contributed by atoms with Crippen LogP contribution in [0.4, 0.5) is 5.82 Å². The van der Waals surface area contributed by atoms with Crippen LogP contribution in [0, 0.1) is 0 Å². The Morgan fingerprint density at radius 2 is 2.00 bits per heavy atom. The number of aromatic nitrogens is 3. The molecule has 4 rings (SSSR count). The van der Waals surface area contributed by atoms with Crippen LogP contribution in [0.5, 0.6) is 0 Å². The summed E-state index contributed by atoms with van der Waals surface area (Å²) in [6.07, 6.45) is 11.3. The highest BCUT2D eigenvalue weighted by Crippen LogP contribution is 2.39. The van der Waals surface area contributed by atoms with Crippen molar-refractivity contribution in [2.24, 2.45) is 7.05 Å². The van der Waals surface area contributed by atoms with E-state index in [1.165, 1.54) is 42.4 Å². The smallest absolute Gasteiger partial charge is 0.129 e. The molecule has 6 heteroatoms. The normalized spacial score (nSPS) is 23.9. The minimum atomic E-state index is 0.358. The zero-order valence-electron chi connectivity index (χ0n) is 18.1. The van der Waals surface area contributed by atoms with E-state index in [2.05, 4.69) is 47.6 Å². The van der Waals surface area contributed by atoms with Crippen molar-refractivity contribution in [3.8, 4) is 0 Å². The number of likely N-dealkylation sites (N-methyl/N-ethyl adjacent to an activating group) is 1. The number of pyridine rings is 1. The van der Waals surface area contributed by atoms with Gasteiger partial charge in [0.05, 0.1) is 12.8 Å². The molecule has 0 saturated heterocycles. The van der Waals surface area contributed by atoms with Crippen molar-refractivity contribution in [2.45, 2.75) is 57.4 Å². The number of hydrogen-bond acceptors (Lipinski definition) is 5. The molecule has 158 valence electrons. The Balaban J connectivity index is 1.41. The molecule has 29 heavy (non-hydrogen) atoms. The molecule has 0 bridgehead atoms. The summed E-state index contributed by atoms with van der Waals surface area (Å²) in [6.45, 7) is 9.08. The number of hydrogen-bond donors (Lipinski definition) is 1. The lowest BCUT2D eigenvalue weighted by molar-refractivity contribution is 0.0834. The summed E-state index contributed by atoms with van der Waals surface area (Å²) in [6, 6.07) is 3.11. The van der Waals surface area contributed by atoms with Gasteiger partial charge in [0.1, 0.15) is 5.82 Å². The van der Waals surface area contributed by atoms with E-state index in [4.69, 9.17) is 9.72 Å². The number of nitrogens with zero attached hydrogens (tertiary/aromatic N) is 4. The molecule has 1 N–H and O–H groups in total.